The zero-order chi connectivity index (χ0) is 18.1. The molecule has 6 nitrogen and oxygen atoms in total. The second-order valence-electron chi connectivity index (χ2n) is 6.41. The van der Waals surface area contributed by atoms with Crippen molar-refractivity contribution in [2.75, 3.05) is 13.7 Å². The van der Waals surface area contributed by atoms with Crippen molar-refractivity contribution < 1.29 is 9.53 Å². The number of rotatable bonds is 3. The normalized spacial score (nSPS) is 16.2. The summed E-state index contributed by atoms with van der Waals surface area (Å²) in [6, 6.07) is 13.6. The molecule has 0 unspecified atom stereocenters. The summed E-state index contributed by atoms with van der Waals surface area (Å²) >= 11 is 0. The molecule has 0 aliphatic carbocycles. The Morgan fingerprint density at radius 1 is 1.15 bits per heavy atom. The van der Waals surface area contributed by atoms with E-state index in [1.54, 1.807) is 24.3 Å². The minimum Gasteiger partial charge on any atom is -0.497 e. The molecule has 0 saturated carbocycles. The molecule has 0 N–H and O–H groups in total. The summed E-state index contributed by atoms with van der Waals surface area (Å²) < 4.78 is 7.14. The maximum atomic E-state index is 13.2. The largest absolute Gasteiger partial charge is 0.497 e. The Kier molecular flexibility index (Phi) is 4.16. The lowest BCUT2D eigenvalue weighted by Gasteiger charge is -2.35. The molecule has 1 atom stereocenters. The van der Waals surface area contributed by atoms with Gasteiger partial charge in [-0.2, -0.15) is 0 Å². The van der Waals surface area contributed by atoms with Gasteiger partial charge in [0.05, 0.1) is 13.2 Å². The van der Waals surface area contributed by atoms with Gasteiger partial charge in [0.15, 0.2) is 0 Å². The summed E-state index contributed by atoms with van der Waals surface area (Å²) in [5, 5.41) is 7.64. The number of nitrogens with zero attached hydrogens (tertiary/aromatic N) is 4. The Balaban J connectivity index is 1.63. The average Bonchev–Trinajstić information content (AvgIpc) is 3.23. The number of aromatic nitrogens is 3. The molecule has 1 aliphatic rings. The number of ether oxygens (including phenoxy) is 1. The van der Waals surface area contributed by atoms with E-state index in [2.05, 4.69) is 23.2 Å². The third kappa shape index (κ3) is 2.83. The van der Waals surface area contributed by atoms with E-state index in [9.17, 15) is 4.79 Å². The van der Waals surface area contributed by atoms with Gasteiger partial charge in [0.1, 0.15) is 18.4 Å². The zero-order valence-electron chi connectivity index (χ0n) is 14.8. The van der Waals surface area contributed by atoms with E-state index in [0.717, 1.165) is 23.4 Å². The van der Waals surface area contributed by atoms with Crippen LogP contribution < -0.4 is 4.74 Å². The topological polar surface area (TPSA) is 60.2 Å². The van der Waals surface area contributed by atoms with Crippen LogP contribution in [0.5, 0.6) is 5.75 Å². The third-order valence-corrected chi connectivity index (χ3v) is 4.96. The molecule has 0 saturated heterocycles. The second kappa shape index (κ2) is 6.63. The molecule has 0 bridgehead atoms. The summed E-state index contributed by atoms with van der Waals surface area (Å²) in [7, 11) is 1.66. The lowest BCUT2D eigenvalue weighted by atomic mass is 9.92. The standard InChI is InChI=1S/C20H20N4O2/c1-14-19-11-18(26-2)7-6-15(19)8-9-24(14)20(25)16-4-3-5-17(10-16)23-12-21-22-13-23/h3-7,10-14H,8-9H2,1-2H3/t14-/m1/s1. The Morgan fingerprint density at radius 3 is 2.73 bits per heavy atom. The summed E-state index contributed by atoms with van der Waals surface area (Å²) in [4.78, 5) is 15.1. The van der Waals surface area contributed by atoms with E-state index in [0.29, 0.717) is 12.1 Å². The van der Waals surface area contributed by atoms with Crippen LogP contribution in [-0.4, -0.2) is 39.2 Å². The van der Waals surface area contributed by atoms with Crippen molar-refractivity contribution >= 4 is 5.91 Å². The SMILES string of the molecule is COc1ccc2c(c1)[C@@H](C)N(C(=O)c1cccc(-n3cnnc3)c1)CC2. The molecule has 2 heterocycles. The smallest absolute Gasteiger partial charge is 0.254 e. The Labute approximate surface area is 152 Å². The van der Waals surface area contributed by atoms with Gasteiger partial charge in [0.25, 0.3) is 5.91 Å². The molecular formula is C20H20N4O2. The number of hydrogen-bond acceptors (Lipinski definition) is 4. The van der Waals surface area contributed by atoms with Crippen LogP contribution in [-0.2, 0) is 6.42 Å². The van der Waals surface area contributed by atoms with Gasteiger partial charge >= 0.3 is 0 Å². The quantitative estimate of drug-likeness (QED) is 0.730. The first-order chi connectivity index (χ1) is 12.7. The molecule has 3 aromatic rings. The Morgan fingerprint density at radius 2 is 1.96 bits per heavy atom. The second-order valence-corrected chi connectivity index (χ2v) is 6.41. The summed E-state index contributed by atoms with van der Waals surface area (Å²) in [5.74, 6) is 0.848. The van der Waals surface area contributed by atoms with E-state index in [-0.39, 0.29) is 11.9 Å². The van der Waals surface area contributed by atoms with Crippen molar-refractivity contribution in [1.82, 2.24) is 19.7 Å². The van der Waals surface area contributed by atoms with Crippen LogP contribution in [0.2, 0.25) is 0 Å². The number of carbonyl (C=O) groups is 1. The first-order valence-electron chi connectivity index (χ1n) is 8.60. The van der Waals surface area contributed by atoms with E-state index in [4.69, 9.17) is 4.74 Å². The summed E-state index contributed by atoms with van der Waals surface area (Å²) in [5.41, 5.74) is 3.96. The highest BCUT2D eigenvalue weighted by Gasteiger charge is 2.28. The van der Waals surface area contributed by atoms with Gasteiger partial charge in [-0.15, -0.1) is 10.2 Å². The molecule has 0 fully saturated rings. The van der Waals surface area contributed by atoms with Crippen LogP contribution in [0.25, 0.3) is 5.69 Å². The lowest BCUT2D eigenvalue weighted by Crippen LogP contribution is -2.38. The maximum absolute atomic E-state index is 13.2. The van der Waals surface area contributed by atoms with Gasteiger partial charge in [0.2, 0.25) is 0 Å². The van der Waals surface area contributed by atoms with Crippen molar-refractivity contribution in [3.05, 3.63) is 71.8 Å². The van der Waals surface area contributed by atoms with Crippen molar-refractivity contribution in [2.45, 2.75) is 19.4 Å². The Bertz CT molecular complexity index is 937. The fraction of sp³-hybridized carbons (Fsp3) is 0.250. The first-order valence-corrected chi connectivity index (χ1v) is 8.60. The van der Waals surface area contributed by atoms with E-state index >= 15 is 0 Å². The van der Waals surface area contributed by atoms with E-state index in [1.807, 2.05) is 41.3 Å². The highest BCUT2D eigenvalue weighted by atomic mass is 16.5. The van der Waals surface area contributed by atoms with Gasteiger partial charge in [-0.3, -0.25) is 9.36 Å². The van der Waals surface area contributed by atoms with Crippen molar-refractivity contribution in [3.8, 4) is 11.4 Å². The molecule has 1 aromatic heterocycles. The first kappa shape index (κ1) is 16.3. The van der Waals surface area contributed by atoms with E-state index < -0.39 is 0 Å². The molecule has 0 spiro atoms. The number of methoxy groups -OCH3 is 1. The van der Waals surface area contributed by atoms with Crippen LogP contribution in [0, 0.1) is 0 Å². The highest BCUT2D eigenvalue weighted by Crippen LogP contribution is 2.33. The van der Waals surface area contributed by atoms with Gasteiger partial charge in [-0.1, -0.05) is 12.1 Å². The third-order valence-electron chi connectivity index (χ3n) is 4.96. The van der Waals surface area contributed by atoms with Crippen LogP contribution in [0.1, 0.15) is 34.5 Å². The van der Waals surface area contributed by atoms with Gasteiger partial charge in [-0.25, -0.2) is 0 Å². The molecular weight excluding hydrogens is 328 g/mol. The lowest BCUT2D eigenvalue weighted by molar-refractivity contribution is 0.0677. The van der Waals surface area contributed by atoms with Crippen LogP contribution in [0.3, 0.4) is 0 Å². The Hall–Kier alpha value is -3.15. The maximum Gasteiger partial charge on any atom is 0.254 e. The van der Waals surface area contributed by atoms with Crippen LogP contribution in [0.4, 0.5) is 0 Å². The molecule has 4 rings (SSSR count). The van der Waals surface area contributed by atoms with Crippen molar-refractivity contribution in [1.29, 1.82) is 0 Å². The number of hydrogen-bond donors (Lipinski definition) is 0. The van der Waals surface area contributed by atoms with Gasteiger partial charge in [-0.05, 0) is 54.8 Å². The zero-order valence-corrected chi connectivity index (χ0v) is 14.8. The molecule has 26 heavy (non-hydrogen) atoms. The van der Waals surface area contributed by atoms with Crippen molar-refractivity contribution in [3.63, 3.8) is 0 Å². The van der Waals surface area contributed by atoms with Crippen molar-refractivity contribution in [2.24, 2.45) is 0 Å². The molecule has 1 aliphatic heterocycles. The number of amides is 1. The fourth-order valence-electron chi connectivity index (χ4n) is 3.50. The van der Waals surface area contributed by atoms with Crippen LogP contribution >= 0.6 is 0 Å². The number of carbonyl (C=O) groups excluding carboxylic acids is 1. The predicted octanol–water partition coefficient (Wildman–Crippen LogP) is 3.04. The molecule has 0 radical (unpaired) electrons. The highest BCUT2D eigenvalue weighted by molar-refractivity contribution is 5.95. The number of benzene rings is 2. The molecule has 6 heteroatoms. The predicted molar refractivity (Wildman–Crippen MR) is 97.5 cm³/mol. The fourth-order valence-corrected chi connectivity index (χ4v) is 3.50. The molecule has 2 aromatic carbocycles. The van der Waals surface area contributed by atoms with Gasteiger partial charge < -0.3 is 9.64 Å². The summed E-state index contributed by atoms with van der Waals surface area (Å²) in [6.45, 7) is 2.77. The minimum atomic E-state index is -0.0000761. The van der Waals surface area contributed by atoms with Gasteiger partial charge in [0, 0.05) is 17.8 Å². The average molecular weight is 348 g/mol. The minimum absolute atomic E-state index is 0.0000761. The molecule has 1 amide bonds. The monoisotopic (exact) mass is 348 g/mol. The molecule has 132 valence electrons. The summed E-state index contributed by atoms with van der Waals surface area (Å²) in [6.07, 6.45) is 4.09. The number of fused-ring (bicyclic) bond motifs is 1. The van der Waals surface area contributed by atoms with E-state index in [1.165, 1.54) is 5.56 Å². The van der Waals surface area contributed by atoms with Crippen LogP contribution in [0.15, 0.2) is 55.1 Å².